The van der Waals surface area contributed by atoms with Crippen molar-refractivity contribution in [1.82, 2.24) is 5.32 Å². The summed E-state index contributed by atoms with van der Waals surface area (Å²) < 4.78 is 11.6. The van der Waals surface area contributed by atoms with Gasteiger partial charge in [-0.15, -0.1) is 0 Å². The fourth-order valence-corrected chi connectivity index (χ4v) is 3.37. The van der Waals surface area contributed by atoms with Crippen LogP contribution in [0.4, 0.5) is 5.69 Å². The van der Waals surface area contributed by atoms with E-state index in [4.69, 9.17) is 9.47 Å². The number of hydrogen-bond donors (Lipinski definition) is 1. The van der Waals surface area contributed by atoms with Crippen LogP contribution in [0.1, 0.15) is 5.56 Å². The number of rotatable bonds is 2. The maximum Gasteiger partial charge on any atom is 0.264 e. The minimum atomic E-state index is -0.159. The maximum atomic E-state index is 12.1. The Hall–Kier alpha value is -2.25. The summed E-state index contributed by atoms with van der Waals surface area (Å²) in [5.41, 5.74) is 1.66. The van der Waals surface area contributed by atoms with Gasteiger partial charge in [0, 0.05) is 4.47 Å². The topological polar surface area (TPSA) is 59.9 Å². The highest BCUT2D eigenvalue weighted by Gasteiger charge is 2.24. The Morgan fingerprint density at radius 2 is 1.92 bits per heavy atom. The van der Waals surface area contributed by atoms with Crippen molar-refractivity contribution in [3.8, 4) is 11.5 Å². The van der Waals surface area contributed by atoms with E-state index in [1.807, 2.05) is 48.5 Å². The van der Waals surface area contributed by atoms with Crippen molar-refractivity contribution < 1.29 is 14.3 Å². The highest BCUT2D eigenvalue weighted by Crippen LogP contribution is 2.34. The van der Waals surface area contributed by atoms with Gasteiger partial charge in [0.15, 0.2) is 16.7 Å². The molecule has 2 aliphatic heterocycles. The van der Waals surface area contributed by atoms with Gasteiger partial charge in [-0.2, -0.15) is 0 Å². The number of aliphatic imine (C=N–C) groups is 1. The number of benzene rings is 2. The molecule has 2 aromatic carbocycles. The number of nitrogens with one attached hydrogen (secondary N) is 1. The number of amides is 1. The number of nitrogens with zero attached hydrogens (tertiary/aromatic N) is 1. The predicted octanol–water partition coefficient (Wildman–Crippen LogP) is 4.07. The van der Waals surface area contributed by atoms with E-state index in [0.717, 1.165) is 21.5 Å². The van der Waals surface area contributed by atoms with Crippen molar-refractivity contribution in [2.75, 3.05) is 6.79 Å². The van der Waals surface area contributed by atoms with E-state index in [2.05, 4.69) is 26.2 Å². The molecule has 2 heterocycles. The van der Waals surface area contributed by atoms with Crippen molar-refractivity contribution in [3.05, 3.63) is 57.4 Å². The number of amidine groups is 1. The summed E-state index contributed by atoms with van der Waals surface area (Å²) in [6.45, 7) is 0.231. The summed E-state index contributed by atoms with van der Waals surface area (Å²) in [4.78, 5) is 17.2. The van der Waals surface area contributed by atoms with E-state index >= 15 is 0 Å². The van der Waals surface area contributed by atoms with Crippen molar-refractivity contribution in [1.29, 1.82) is 0 Å². The Bertz CT molecular complexity index is 878. The lowest BCUT2D eigenvalue weighted by atomic mass is 10.2. The van der Waals surface area contributed by atoms with Crippen LogP contribution in [0.25, 0.3) is 6.08 Å². The Morgan fingerprint density at radius 3 is 2.75 bits per heavy atom. The SMILES string of the molecule is O=C1NC(=Nc2ccc(Br)cc2)SC1=Cc1ccc2c(c1)OCO2. The van der Waals surface area contributed by atoms with E-state index < -0.39 is 0 Å². The number of carbonyl (C=O) groups is 1. The standard InChI is InChI=1S/C17H11BrN2O3S/c18-11-2-4-12(5-3-11)19-17-20-16(21)15(24-17)8-10-1-6-13-14(7-10)23-9-22-13/h1-8H,9H2,(H,19,20,21). The van der Waals surface area contributed by atoms with Crippen molar-refractivity contribution in [2.45, 2.75) is 0 Å². The van der Waals surface area contributed by atoms with Gasteiger partial charge in [0.25, 0.3) is 5.91 Å². The molecule has 24 heavy (non-hydrogen) atoms. The van der Waals surface area contributed by atoms with Gasteiger partial charge >= 0.3 is 0 Å². The van der Waals surface area contributed by atoms with Gasteiger partial charge in [0.05, 0.1) is 10.6 Å². The first-order chi connectivity index (χ1) is 11.7. The largest absolute Gasteiger partial charge is 0.454 e. The van der Waals surface area contributed by atoms with Crippen LogP contribution in [0, 0.1) is 0 Å². The zero-order valence-electron chi connectivity index (χ0n) is 12.3. The monoisotopic (exact) mass is 402 g/mol. The molecule has 0 aliphatic carbocycles. The van der Waals surface area contributed by atoms with Crippen LogP contribution in [-0.4, -0.2) is 17.9 Å². The highest BCUT2D eigenvalue weighted by molar-refractivity contribution is 9.10. The molecule has 7 heteroatoms. The second kappa shape index (κ2) is 6.33. The molecular formula is C17H11BrN2O3S. The van der Waals surface area contributed by atoms with E-state index in [0.29, 0.717) is 15.8 Å². The van der Waals surface area contributed by atoms with Crippen LogP contribution in [0.15, 0.2) is 56.8 Å². The summed E-state index contributed by atoms with van der Waals surface area (Å²) in [7, 11) is 0. The number of halogens is 1. The van der Waals surface area contributed by atoms with E-state index in [-0.39, 0.29) is 12.7 Å². The number of carbonyl (C=O) groups excluding carboxylic acids is 1. The van der Waals surface area contributed by atoms with Gasteiger partial charge in [-0.3, -0.25) is 4.79 Å². The molecule has 0 unspecified atom stereocenters. The lowest BCUT2D eigenvalue weighted by Crippen LogP contribution is -2.19. The fraction of sp³-hybridized carbons (Fsp3) is 0.0588. The summed E-state index contributed by atoms with van der Waals surface area (Å²) in [5, 5.41) is 3.34. The summed E-state index contributed by atoms with van der Waals surface area (Å²) in [6, 6.07) is 13.1. The van der Waals surface area contributed by atoms with Gasteiger partial charge in [-0.1, -0.05) is 22.0 Å². The number of fused-ring (bicyclic) bond motifs is 1. The normalized spacial score (nSPS) is 19.1. The quantitative estimate of drug-likeness (QED) is 0.769. The van der Waals surface area contributed by atoms with Crippen molar-refractivity contribution >= 4 is 50.5 Å². The second-order valence-corrected chi connectivity index (χ2v) is 7.02. The first-order valence-electron chi connectivity index (χ1n) is 7.12. The minimum absolute atomic E-state index is 0.159. The maximum absolute atomic E-state index is 12.1. The van der Waals surface area contributed by atoms with Crippen LogP contribution in [0.3, 0.4) is 0 Å². The van der Waals surface area contributed by atoms with Crippen LogP contribution >= 0.6 is 27.7 Å². The highest BCUT2D eigenvalue weighted by atomic mass is 79.9. The molecule has 2 aliphatic rings. The minimum Gasteiger partial charge on any atom is -0.454 e. The molecule has 1 amide bonds. The number of hydrogen-bond acceptors (Lipinski definition) is 5. The summed E-state index contributed by atoms with van der Waals surface area (Å²) >= 11 is 4.70. The summed E-state index contributed by atoms with van der Waals surface area (Å²) in [6.07, 6.45) is 1.81. The molecule has 1 fully saturated rings. The molecule has 1 N–H and O–H groups in total. The smallest absolute Gasteiger partial charge is 0.264 e. The zero-order valence-corrected chi connectivity index (χ0v) is 14.7. The first-order valence-corrected chi connectivity index (χ1v) is 8.73. The van der Waals surface area contributed by atoms with Crippen LogP contribution in [-0.2, 0) is 4.79 Å². The molecule has 5 nitrogen and oxygen atoms in total. The molecule has 4 rings (SSSR count). The predicted molar refractivity (Wildman–Crippen MR) is 97.5 cm³/mol. The molecule has 0 aromatic heterocycles. The van der Waals surface area contributed by atoms with E-state index in [1.165, 1.54) is 11.8 Å². The molecular weight excluding hydrogens is 392 g/mol. The average Bonchev–Trinajstić information content (AvgIpc) is 3.16. The molecule has 0 atom stereocenters. The van der Waals surface area contributed by atoms with Crippen molar-refractivity contribution in [3.63, 3.8) is 0 Å². The lowest BCUT2D eigenvalue weighted by molar-refractivity contribution is -0.115. The van der Waals surface area contributed by atoms with Gasteiger partial charge in [-0.05, 0) is 59.8 Å². The zero-order chi connectivity index (χ0) is 16.5. The fourth-order valence-electron chi connectivity index (χ4n) is 2.27. The Balaban J connectivity index is 1.56. The molecule has 2 aromatic rings. The van der Waals surface area contributed by atoms with E-state index in [9.17, 15) is 4.79 Å². The Kier molecular flexibility index (Phi) is 4.03. The molecule has 1 saturated heterocycles. The van der Waals surface area contributed by atoms with Gasteiger partial charge < -0.3 is 14.8 Å². The van der Waals surface area contributed by atoms with Crippen molar-refractivity contribution in [2.24, 2.45) is 4.99 Å². The average molecular weight is 403 g/mol. The van der Waals surface area contributed by atoms with Crippen LogP contribution in [0.2, 0.25) is 0 Å². The lowest BCUT2D eigenvalue weighted by Gasteiger charge is -1.98. The number of thioether (sulfide) groups is 1. The molecule has 0 bridgehead atoms. The Labute approximate surface area is 150 Å². The molecule has 0 spiro atoms. The van der Waals surface area contributed by atoms with Gasteiger partial charge in [-0.25, -0.2) is 4.99 Å². The number of ether oxygens (including phenoxy) is 2. The van der Waals surface area contributed by atoms with E-state index in [1.54, 1.807) is 0 Å². The third-order valence-electron chi connectivity index (χ3n) is 3.40. The Morgan fingerprint density at radius 1 is 1.12 bits per heavy atom. The van der Waals surface area contributed by atoms with Crippen LogP contribution < -0.4 is 14.8 Å². The van der Waals surface area contributed by atoms with Crippen LogP contribution in [0.5, 0.6) is 11.5 Å². The van der Waals surface area contributed by atoms with Gasteiger partial charge in [0.1, 0.15) is 0 Å². The van der Waals surface area contributed by atoms with Gasteiger partial charge in [0.2, 0.25) is 6.79 Å². The summed E-state index contributed by atoms with van der Waals surface area (Å²) in [5.74, 6) is 1.25. The third-order valence-corrected chi connectivity index (χ3v) is 4.84. The third kappa shape index (κ3) is 3.18. The second-order valence-electron chi connectivity index (χ2n) is 5.07. The molecule has 0 saturated carbocycles. The molecule has 0 radical (unpaired) electrons. The molecule has 120 valence electrons. The first kappa shape index (κ1) is 15.3.